The summed E-state index contributed by atoms with van der Waals surface area (Å²) in [5, 5.41) is 0. The third-order valence-electron chi connectivity index (χ3n) is 2.55. The van der Waals surface area contributed by atoms with Crippen molar-refractivity contribution >= 4 is 5.78 Å². The van der Waals surface area contributed by atoms with Gasteiger partial charge in [-0.15, -0.1) is 6.58 Å². The summed E-state index contributed by atoms with van der Waals surface area (Å²) in [6.07, 6.45) is 8.44. The normalized spacial score (nSPS) is 10.1. The Morgan fingerprint density at radius 2 is 2.19 bits per heavy atom. The molecule has 86 valence electrons. The molecule has 0 aliphatic rings. The SMILES string of the molecule is C=CCCCCCC(=O)c1ccc(C)nc1. The zero-order valence-corrected chi connectivity index (χ0v) is 9.91. The summed E-state index contributed by atoms with van der Waals surface area (Å²) >= 11 is 0. The van der Waals surface area contributed by atoms with E-state index >= 15 is 0 Å². The van der Waals surface area contributed by atoms with E-state index in [0.29, 0.717) is 6.42 Å². The summed E-state index contributed by atoms with van der Waals surface area (Å²) in [4.78, 5) is 15.9. The molecule has 0 atom stereocenters. The second kappa shape index (κ2) is 6.94. The van der Waals surface area contributed by atoms with Crippen LogP contribution in [0.2, 0.25) is 0 Å². The maximum atomic E-state index is 11.7. The van der Waals surface area contributed by atoms with Crippen molar-refractivity contribution in [3.63, 3.8) is 0 Å². The Bertz CT molecular complexity index is 340. The molecule has 0 spiro atoms. The number of rotatable bonds is 7. The first-order valence-corrected chi connectivity index (χ1v) is 5.81. The molecule has 0 bridgehead atoms. The van der Waals surface area contributed by atoms with Crippen LogP contribution in [0.25, 0.3) is 0 Å². The molecule has 16 heavy (non-hydrogen) atoms. The van der Waals surface area contributed by atoms with E-state index in [9.17, 15) is 4.79 Å². The number of hydrogen-bond acceptors (Lipinski definition) is 2. The van der Waals surface area contributed by atoms with Gasteiger partial charge in [-0.25, -0.2) is 0 Å². The van der Waals surface area contributed by atoms with Crippen LogP contribution in [0, 0.1) is 6.92 Å². The first-order valence-electron chi connectivity index (χ1n) is 5.81. The van der Waals surface area contributed by atoms with Gasteiger partial charge < -0.3 is 0 Å². The van der Waals surface area contributed by atoms with Crippen LogP contribution in [0.15, 0.2) is 31.0 Å². The van der Waals surface area contributed by atoms with E-state index in [1.54, 1.807) is 6.20 Å². The Balaban J connectivity index is 2.29. The molecule has 0 N–H and O–H groups in total. The third-order valence-corrected chi connectivity index (χ3v) is 2.55. The quantitative estimate of drug-likeness (QED) is 0.396. The summed E-state index contributed by atoms with van der Waals surface area (Å²) < 4.78 is 0. The Morgan fingerprint density at radius 1 is 1.38 bits per heavy atom. The van der Waals surface area contributed by atoms with Crippen molar-refractivity contribution in [1.82, 2.24) is 4.98 Å². The average molecular weight is 217 g/mol. The van der Waals surface area contributed by atoms with E-state index in [1.807, 2.05) is 25.1 Å². The molecular formula is C14H19NO. The van der Waals surface area contributed by atoms with Gasteiger partial charge in [-0.3, -0.25) is 9.78 Å². The van der Waals surface area contributed by atoms with Gasteiger partial charge in [0.2, 0.25) is 0 Å². The van der Waals surface area contributed by atoms with Crippen LogP contribution in [0.5, 0.6) is 0 Å². The van der Waals surface area contributed by atoms with Crippen molar-refractivity contribution in [1.29, 1.82) is 0 Å². The lowest BCUT2D eigenvalue weighted by Crippen LogP contribution is -1.99. The third kappa shape index (κ3) is 4.39. The molecule has 2 nitrogen and oxygen atoms in total. The number of carbonyl (C=O) groups excluding carboxylic acids is 1. The predicted octanol–water partition coefficient (Wildman–Crippen LogP) is 3.71. The summed E-state index contributed by atoms with van der Waals surface area (Å²) in [7, 11) is 0. The molecule has 0 aromatic carbocycles. The van der Waals surface area contributed by atoms with Crippen LogP contribution >= 0.6 is 0 Å². The molecule has 0 aliphatic heterocycles. The van der Waals surface area contributed by atoms with Crippen LogP contribution in [0.1, 0.15) is 48.2 Å². The molecule has 1 heterocycles. The van der Waals surface area contributed by atoms with E-state index in [2.05, 4.69) is 11.6 Å². The molecule has 0 saturated heterocycles. The maximum Gasteiger partial charge on any atom is 0.164 e. The Hall–Kier alpha value is -1.44. The summed E-state index contributed by atoms with van der Waals surface area (Å²) in [5.41, 5.74) is 1.68. The summed E-state index contributed by atoms with van der Waals surface area (Å²) in [6, 6.07) is 3.74. The number of aryl methyl sites for hydroxylation is 1. The number of carbonyl (C=O) groups is 1. The molecule has 1 aromatic rings. The molecular weight excluding hydrogens is 198 g/mol. The van der Waals surface area contributed by atoms with Gasteiger partial charge in [0.15, 0.2) is 5.78 Å². The van der Waals surface area contributed by atoms with Crippen LogP contribution in [0.4, 0.5) is 0 Å². The van der Waals surface area contributed by atoms with Gasteiger partial charge in [0, 0.05) is 23.9 Å². The summed E-state index contributed by atoms with van der Waals surface area (Å²) in [6.45, 7) is 5.59. The standard InChI is InChI=1S/C14H19NO/c1-3-4-5-6-7-8-14(16)13-10-9-12(2)15-11-13/h3,9-11H,1,4-8H2,2H3. The Morgan fingerprint density at radius 3 is 2.81 bits per heavy atom. The fraction of sp³-hybridized carbons (Fsp3) is 0.429. The second-order valence-electron chi connectivity index (χ2n) is 4.00. The van der Waals surface area contributed by atoms with Crippen LogP contribution in [-0.2, 0) is 0 Å². The highest BCUT2D eigenvalue weighted by molar-refractivity contribution is 5.95. The number of ketones is 1. The van der Waals surface area contributed by atoms with Crippen molar-refractivity contribution in [2.45, 2.75) is 39.0 Å². The van der Waals surface area contributed by atoms with Crippen LogP contribution in [0.3, 0.4) is 0 Å². The van der Waals surface area contributed by atoms with E-state index in [0.717, 1.165) is 36.9 Å². The molecule has 0 radical (unpaired) electrons. The average Bonchev–Trinajstić information content (AvgIpc) is 2.29. The van der Waals surface area contributed by atoms with Crippen molar-refractivity contribution in [3.8, 4) is 0 Å². The fourth-order valence-electron chi connectivity index (χ4n) is 1.53. The lowest BCUT2D eigenvalue weighted by molar-refractivity contribution is 0.0979. The minimum Gasteiger partial charge on any atom is -0.294 e. The largest absolute Gasteiger partial charge is 0.294 e. The van der Waals surface area contributed by atoms with Crippen molar-refractivity contribution in [2.24, 2.45) is 0 Å². The van der Waals surface area contributed by atoms with Gasteiger partial charge in [-0.2, -0.15) is 0 Å². The van der Waals surface area contributed by atoms with Gasteiger partial charge in [0.25, 0.3) is 0 Å². The Labute approximate surface area is 97.4 Å². The number of allylic oxidation sites excluding steroid dienone is 1. The second-order valence-corrected chi connectivity index (χ2v) is 4.00. The number of nitrogens with zero attached hydrogens (tertiary/aromatic N) is 1. The van der Waals surface area contributed by atoms with E-state index in [1.165, 1.54) is 0 Å². The van der Waals surface area contributed by atoms with E-state index in [-0.39, 0.29) is 5.78 Å². The minimum absolute atomic E-state index is 0.200. The number of aromatic nitrogens is 1. The van der Waals surface area contributed by atoms with Gasteiger partial charge in [0.05, 0.1) is 0 Å². The van der Waals surface area contributed by atoms with Gasteiger partial charge in [-0.1, -0.05) is 12.5 Å². The summed E-state index contributed by atoms with van der Waals surface area (Å²) in [5.74, 6) is 0.200. The first-order chi connectivity index (χ1) is 7.74. The molecule has 0 saturated carbocycles. The number of Topliss-reactive ketones (excluding diaryl/α,β-unsaturated/α-hetero) is 1. The molecule has 1 aromatic heterocycles. The monoisotopic (exact) mass is 217 g/mol. The van der Waals surface area contributed by atoms with Gasteiger partial charge in [-0.05, 0) is 38.3 Å². The van der Waals surface area contributed by atoms with Crippen LogP contribution < -0.4 is 0 Å². The topological polar surface area (TPSA) is 30.0 Å². The molecule has 2 heteroatoms. The predicted molar refractivity (Wildman–Crippen MR) is 66.6 cm³/mol. The van der Waals surface area contributed by atoms with E-state index in [4.69, 9.17) is 0 Å². The molecule has 0 unspecified atom stereocenters. The van der Waals surface area contributed by atoms with E-state index < -0.39 is 0 Å². The minimum atomic E-state index is 0.200. The number of unbranched alkanes of at least 4 members (excludes halogenated alkanes) is 3. The lowest BCUT2D eigenvalue weighted by Gasteiger charge is -2.01. The van der Waals surface area contributed by atoms with Crippen molar-refractivity contribution in [3.05, 3.63) is 42.2 Å². The maximum absolute atomic E-state index is 11.7. The van der Waals surface area contributed by atoms with Crippen molar-refractivity contribution < 1.29 is 4.79 Å². The molecule has 1 rings (SSSR count). The highest BCUT2D eigenvalue weighted by Gasteiger charge is 2.04. The lowest BCUT2D eigenvalue weighted by atomic mass is 10.1. The molecule has 0 amide bonds. The number of pyridine rings is 1. The van der Waals surface area contributed by atoms with Gasteiger partial charge >= 0.3 is 0 Å². The molecule has 0 aliphatic carbocycles. The molecule has 0 fully saturated rings. The zero-order valence-electron chi connectivity index (χ0n) is 9.91. The fourth-order valence-corrected chi connectivity index (χ4v) is 1.53. The van der Waals surface area contributed by atoms with Crippen LogP contribution in [-0.4, -0.2) is 10.8 Å². The van der Waals surface area contributed by atoms with Gasteiger partial charge in [0.1, 0.15) is 0 Å². The first kappa shape index (κ1) is 12.6. The zero-order chi connectivity index (χ0) is 11.8. The number of hydrogen-bond donors (Lipinski definition) is 0. The highest BCUT2D eigenvalue weighted by Crippen LogP contribution is 2.09. The van der Waals surface area contributed by atoms with Crippen molar-refractivity contribution in [2.75, 3.05) is 0 Å². The smallest absolute Gasteiger partial charge is 0.164 e. The highest BCUT2D eigenvalue weighted by atomic mass is 16.1. The Kier molecular flexibility index (Phi) is 5.48.